The van der Waals surface area contributed by atoms with Gasteiger partial charge in [-0.05, 0) is 32.9 Å². The minimum Gasteiger partial charge on any atom is -0.368 e. The molecule has 0 spiro atoms. The number of anilines is 1. The topological polar surface area (TPSA) is 77.8 Å². The molecule has 170 valence electrons. The molecule has 3 rings (SSSR count). The van der Waals surface area contributed by atoms with E-state index in [9.17, 15) is 4.79 Å². The fraction of sp³-hybridized carbons (Fsp3) is 0.500. The zero-order chi connectivity index (χ0) is 21.5. The van der Waals surface area contributed by atoms with Gasteiger partial charge in [-0.1, -0.05) is 18.2 Å². The third-order valence-corrected chi connectivity index (χ3v) is 5.56. The predicted molar refractivity (Wildman–Crippen MR) is 136 cm³/mol. The van der Waals surface area contributed by atoms with Crippen LogP contribution in [0.4, 0.5) is 5.69 Å². The second-order valence-electron chi connectivity index (χ2n) is 7.53. The molecule has 2 aromatic rings. The lowest BCUT2D eigenvalue weighted by Crippen LogP contribution is -2.52. The molecule has 1 fully saturated rings. The zero-order valence-electron chi connectivity index (χ0n) is 18.9. The first-order chi connectivity index (χ1) is 14.5. The van der Waals surface area contributed by atoms with Crippen molar-refractivity contribution in [2.75, 3.05) is 44.2 Å². The molecular formula is C22H34IN7O. The van der Waals surface area contributed by atoms with Crippen LogP contribution in [0.25, 0.3) is 0 Å². The lowest BCUT2D eigenvalue weighted by Gasteiger charge is -2.36. The molecule has 1 aliphatic rings. The first-order valence-electron chi connectivity index (χ1n) is 10.6. The van der Waals surface area contributed by atoms with Crippen molar-refractivity contribution in [2.24, 2.45) is 12.0 Å². The van der Waals surface area contributed by atoms with E-state index < -0.39 is 0 Å². The number of aliphatic imine (C=N–C) groups is 1. The van der Waals surface area contributed by atoms with Crippen LogP contribution in [-0.4, -0.2) is 65.8 Å². The fourth-order valence-corrected chi connectivity index (χ4v) is 3.67. The van der Waals surface area contributed by atoms with Gasteiger partial charge in [0.1, 0.15) is 0 Å². The number of amides is 1. The average Bonchev–Trinajstić information content (AvgIpc) is 3.01. The van der Waals surface area contributed by atoms with Crippen LogP contribution in [0.5, 0.6) is 0 Å². The number of guanidine groups is 1. The van der Waals surface area contributed by atoms with Crippen LogP contribution in [0.3, 0.4) is 0 Å². The highest BCUT2D eigenvalue weighted by Crippen LogP contribution is 2.15. The quantitative estimate of drug-likeness (QED) is 0.334. The molecule has 0 aliphatic carbocycles. The summed E-state index contributed by atoms with van der Waals surface area (Å²) in [4.78, 5) is 21.6. The van der Waals surface area contributed by atoms with Crippen LogP contribution in [0.15, 0.2) is 35.3 Å². The number of carbonyl (C=O) groups excluding carboxylic acids is 1. The van der Waals surface area contributed by atoms with Crippen LogP contribution in [-0.2, 0) is 18.4 Å². The molecule has 0 saturated carbocycles. The van der Waals surface area contributed by atoms with E-state index >= 15 is 0 Å². The predicted octanol–water partition coefficient (Wildman–Crippen LogP) is 2.06. The number of benzene rings is 1. The van der Waals surface area contributed by atoms with E-state index in [4.69, 9.17) is 0 Å². The summed E-state index contributed by atoms with van der Waals surface area (Å²) >= 11 is 0. The minimum atomic E-state index is 0. The number of aromatic nitrogens is 2. The monoisotopic (exact) mass is 539 g/mol. The summed E-state index contributed by atoms with van der Waals surface area (Å²) in [6.45, 7) is 10.7. The van der Waals surface area contributed by atoms with Gasteiger partial charge >= 0.3 is 0 Å². The Labute approximate surface area is 202 Å². The Morgan fingerprint density at radius 2 is 1.77 bits per heavy atom. The smallest absolute Gasteiger partial charge is 0.242 e. The summed E-state index contributed by atoms with van der Waals surface area (Å²) in [6, 6.07) is 10.4. The van der Waals surface area contributed by atoms with Crippen LogP contribution in [0, 0.1) is 13.8 Å². The van der Waals surface area contributed by atoms with Gasteiger partial charge in [0.05, 0.1) is 18.8 Å². The molecule has 1 aliphatic heterocycles. The van der Waals surface area contributed by atoms with Crippen molar-refractivity contribution in [3.8, 4) is 0 Å². The molecule has 0 atom stereocenters. The molecule has 9 heteroatoms. The van der Waals surface area contributed by atoms with Crippen molar-refractivity contribution in [1.29, 1.82) is 0 Å². The molecule has 2 heterocycles. The number of rotatable bonds is 6. The summed E-state index contributed by atoms with van der Waals surface area (Å²) in [5.74, 6) is 0.749. The molecule has 1 saturated heterocycles. The van der Waals surface area contributed by atoms with E-state index in [0.29, 0.717) is 12.5 Å². The van der Waals surface area contributed by atoms with Gasteiger partial charge in [0.2, 0.25) is 5.91 Å². The van der Waals surface area contributed by atoms with Gasteiger partial charge in [-0.25, -0.2) is 4.99 Å². The minimum absolute atomic E-state index is 0. The molecule has 2 N–H and O–H groups in total. The Morgan fingerprint density at radius 3 is 2.35 bits per heavy atom. The lowest BCUT2D eigenvalue weighted by molar-refractivity contribution is -0.130. The third kappa shape index (κ3) is 6.59. The number of carbonyl (C=O) groups is 1. The van der Waals surface area contributed by atoms with E-state index in [1.54, 1.807) is 0 Å². The number of para-hydroxylation sites is 1. The van der Waals surface area contributed by atoms with Crippen LogP contribution in [0.1, 0.15) is 23.9 Å². The third-order valence-electron chi connectivity index (χ3n) is 5.56. The number of hydrogen-bond acceptors (Lipinski definition) is 4. The Balaban J connectivity index is 0.00000341. The van der Waals surface area contributed by atoms with Crippen LogP contribution < -0.4 is 15.5 Å². The fourth-order valence-electron chi connectivity index (χ4n) is 3.67. The molecule has 0 bridgehead atoms. The Morgan fingerprint density at radius 1 is 1.10 bits per heavy atom. The van der Waals surface area contributed by atoms with Gasteiger partial charge in [0, 0.05) is 56.7 Å². The van der Waals surface area contributed by atoms with Crippen LogP contribution >= 0.6 is 24.0 Å². The number of nitrogens with zero attached hydrogens (tertiary/aromatic N) is 5. The maximum Gasteiger partial charge on any atom is 0.242 e. The molecule has 1 aromatic carbocycles. The highest BCUT2D eigenvalue weighted by molar-refractivity contribution is 14.0. The number of aryl methyl sites for hydroxylation is 2. The number of piperazine rings is 1. The van der Waals surface area contributed by atoms with Crippen molar-refractivity contribution in [3.05, 3.63) is 47.3 Å². The van der Waals surface area contributed by atoms with Gasteiger partial charge in [-0.2, -0.15) is 5.10 Å². The normalized spacial score (nSPS) is 14.3. The van der Waals surface area contributed by atoms with Gasteiger partial charge in [0.15, 0.2) is 5.96 Å². The second kappa shape index (κ2) is 11.9. The summed E-state index contributed by atoms with van der Waals surface area (Å²) in [5.41, 5.74) is 4.43. The summed E-state index contributed by atoms with van der Waals surface area (Å²) < 4.78 is 1.87. The molecule has 0 unspecified atom stereocenters. The summed E-state index contributed by atoms with van der Waals surface area (Å²) in [6.07, 6.45) is 0. The van der Waals surface area contributed by atoms with Crippen molar-refractivity contribution in [3.63, 3.8) is 0 Å². The number of halogens is 1. The second-order valence-corrected chi connectivity index (χ2v) is 7.53. The molecule has 1 aromatic heterocycles. The van der Waals surface area contributed by atoms with E-state index in [1.165, 1.54) is 5.69 Å². The molecule has 8 nitrogen and oxygen atoms in total. The molecule has 1 amide bonds. The van der Waals surface area contributed by atoms with Gasteiger partial charge in [0.25, 0.3) is 0 Å². The van der Waals surface area contributed by atoms with E-state index in [1.807, 2.05) is 55.6 Å². The van der Waals surface area contributed by atoms with Gasteiger partial charge in [-0.3, -0.25) is 9.48 Å². The first-order valence-corrected chi connectivity index (χ1v) is 10.6. The first kappa shape index (κ1) is 25.0. The molecule has 31 heavy (non-hydrogen) atoms. The highest BCUT2D eigenvalue weighted by atomic mass is 127. The van der Waals surface area contributed by atoms with Crippen LogP contribution in [0.2, 0.25) is 0 Å². The molecule has 0 radical (unpaired) electrons. The summed E-state index contributed by atoms with van der Waals surface area (Å²) in [7, 11) is 1.94. The number of nitrogens with one attached hydrogen (secondary N) is 2. The largest absolute Gasteiger partial charge is 0.368 e. The highest BCUT2D eigenvalue weighted by Gasteiger charge is 2.21. The van der Waals surface area contributed by atoms with Crippen molar-refractivity contribution >= 4 is 41.5 Å². The van der Waals surface area contributed by atoms with Gasteiger partial charge in [-0.15, -0.1) is 24.0 Å². The molecular weight excluding hydrogens is 505 g/mol. The maximum atomic E-state index is 12.7. The zero-order valence-corrected chi connectivity index (χ0v) is 21.2. The Kier molecular flexibility index (Phi) is 9.60. The van der Waals surface area contributed by atoms with Crippen molar-refractivity contribution < 1.29 is 4.79 Å². The van der Waals surface area contributed by atoms with Crippen molar-refractivity contribution in [1.82, 2.24) is 25.3 Å². The Hall–Kier alpha value is -2.30. The van der Waals surface area contributed by atoms with E-state index in [0.717, 1.165) is 49.7 Å². The maximum absolute atomic E-state index is 12.7. The van der Waals surface area contributed by atoms with E-state index in [2.05, 4.69) is 37.8 Å². The standard InChI is InChI=1S/C22H33N7O.HI/c1-5-23-22(24-15-20-17(2)26-27(4)18(20)3)25-16-21(30)29-13-11-28(12-14-29)19-9-7-6-8-10-19;/h6-10H,5,11-16H2,1-4H3,(H2,23,24,25);1H. The van der Waals surface area contributed by atoms with E-state index in [-0.39, 0.29) is 36.4 Å². The van der Waals surface area contributed by atoms with Gasteiger partial charge < -0.3 is 20.4 Å². The van der Waals surface area contributed by atoms with Crippen molar-refractivity contribution in [2.45, 2.75) is 27.3 Å². The Bertz CT molecular complexity index is 873. The summed E-state index contributed by atoms with van der Waals surface area (Å²) in [5, 5.41) is 10.8. The lowest BCUT2D eigenvalue weighted by atomic mass is 10.2. The number of hydrogen-bond donors (Lipinski definition) is 2. The average molecular weight is 539 g/mol. The SMILES string of the molecule is CCNC(=NCc1c(C)nn(C)c1C)NCC(=O)N1CCN(c2ccccc2)CC1.I.